The van der Waals surface area contributed by atoms with Crippen molar-refractivity contribution in [2.24, 2.45) is 0 Å². The van der Waals surface area contributed by atoms with Gasteiger partial charge in [0.05, 0.1) is 13.2 Å². The van der Waals surface area contributed by atoms with Gasteiger partial charge in [0.2, 0.25) is 0 Å². The Balaban J connectivity index is 1.83. The third-order valence-electron chi connectivity index (χ3n) is 2.88. The zero-order valence-corrected chi connectivity index (χ0v) is 12.5. The van der Waals surface area contributed by atoms with Gasteiger partial charge in [-0.05, 0) is 24.3 Å². The number of methoxy groups -OCH3 is 1. The Morgan fingerprint density at radius 2 is 2.00 bits per heavy atom. The highest BCUT2D eigenvalue weighted by molar-refractivity contribution is 9.09. The van der Waals surface area contributed by atoms with Gasteiger partial charge >= 0.3 is 0 Å². The molecule has 0 amide bonds. The van der Waals surface area contributed by atoms with E-state index in [-0.39, 0.29) is 12.2 Å². The van der Waals surface area contributed by atoms with Gasteiger partial charge in [0.15, 0.2) is 0 Å². The second-order valence-electron chi connectivity index (χ2n) is 4.19. The molecule has 3 atom stereocenters. The molecular weight excluding hydrogens is 319 g/mol. The number of hydrogen-bond acceptors (Lipinski definition) is 3. The van der Waals surface area contributed by atoms with Crippen LogP contribution in [-0.2, 0) is 9.47 Å². The van der Waals surface area contributed by atoms with Gasteiger partial charge in [-0.25, -0.2) is 0 Å². The quantitative estimate of drug-likeness (QED) is 0.590. The van der Waals surface area contributed by atoms with Crippen molar-refractivity contribution in [1.82, 2.24) is 0 Å². The van der Waals surface area contributed by atoms with Crippen molar-refractivity contribution in [2.45, 2.75) is 23.5 Å². The molecule has 0 aliphatic heterocycles. The van der Waals surface area contributed by atoms with Gasteiger partial charge in [0, 0.05) is 23.4 Å². The summed E-state index contributed by atoms with van der Waals surface area (Å²) in [6, 6.07) is 7.39. The molecule has 0 spiro atoms. The largest absolute Gasteiger partial charge is 0.488 e. The van der Waals surface area contributed by atoms with E-state index in [2.05, 4.69) is 15.9 Å². The summed E-state index contributed by atoms with van der Waals surface area (Å²) in [6.45, 7) is 1.19. The number of rotatable bonds is 6. The zero-order chi connectivity index (χ0) is 13.0. The van der Waals surface area contributed by atoms with Crippen molar-refractivity contribution < 1.29 is 14.2 Å². The molecule has 1 aromatic carbocycles. The predicted octanol–water partition coefficient (Wildman–Crippen LogP) is 3.29. The highest BCUT2D eigenvalue weighted by Gasteiger charge is 2.42. The van der Waals surface area contributed by atoms with Crippen LogP contribution in [0.25, 0.3) is 0 Å². The van der Waals surface area contributed by atoms with Crippen LogP contribution >= 0.6 is 27.5 Å². The molecule has 0 heterocycles. The molecule has 0 radical (unpaired) electrons. The molecule has 3 unspecified atom stereocenters. The molecule has 1 saturated carbocycles. The lowest BCUT2D eigenvalue weighted by Gasteiger charge is -2.40. The molecule has 0 N–H and O–H groups in total. The van der Waals surface area contributed by atoms with Crippen molar-refractivity contribution in [1.29, 1.82) is 0 Å². The Hall–Kier alpha value is -0.290. The second-order valence-corrected chi connectivity index (χ2v) is 5.80. The van der Waals surface area contributed by atoms with Gasteiger partial charge in [-0.15, -0.1) is 0 Å². The van der Waals surface area contributed by atoms with Crippen LogP contribution in [0.1, 0.15) is 6.42 Å². The first-order chi connectivity index (χ1) is 8.70. The van der Waals surface area contributed by atoms with Gasteiger partial charge in [0.1, 0.15) is 18.0 Å². The van der Waals surface area contributed by atoms with E-state index in [1.807, 2.05) is 24.3 Å². The first-order valence-corrected chi connectivity index (χ1v) is 7.17. The molecule has 1 fully saturated rings. The fraction of sp³-hybridized carbons (Fsp3) is 0.538. The van der Waals surface area contributed by atoms with E-state index in [0.29, 0.717) is 23.1 Å². The number of hydrogen-bond donors (Lipinski definition) is 0. The molecule has 1 aliphatic rings. The Morgan fingerprint density at radius 3 is 2.61 bits per heavy atom. The third kappa shape index (κ3) is 3.60. The maximum atomic E-state index is 5.86. The Bertz CT molecular complexity index is 371. The standard InChI is InChI=1S/C13H16BrClO3/c1-16-6-7-17-13-11(14)8-12(13)18-10-4-2-9(15)3-5-10/h2-5,11-13H,6-8H2,1H3. The van der Waals surface area contributed by atoms with Gasteiger partial charge < -0.3 is 14.2 Å². The molecule has 0 saturated heterocycles. The van der Waals surface area contributed by atoms with E-state index < -0.39 is 0 Å². The molecule has 0 bridgehead atoms. The molecule has 100 valence electrons. The van der Waals surface area contributed by atoms with E-state index in [1.165, 1.54) is 0 Å². The molecule has 3 nitrogen and oxygen atoms in total. The molecule has 1 aliphatic carbocycles. The topological polar surface area (TPSA) is 27.7 Å². The van der Waals surface area contributed by atoms with Crippen molar-refractivity contribution in [3.8, 4) is 5.75 Å². The lowest BCUT2D eigenvalue weighted by Crippen LogP contribution is -2.52. The summed E-state index contributed by atoms with van der Waals surface area (Å²) in [5.41, 5.74) is 0. The first kappa shape index (κ1) is 14.1. The number of halogens is 2. The molecule has 0 aromatic heterocycles. The monoisotopic (exact) mass is 334 g/mol. The van der Waals surface area contributed by atoms with Gasteiger partial charge in [-0.3, -0.25) is 0 Å². The van der Waals surface area contributed by atoms with Crippen LogP contribution < -0.4 is 4.74 Å². The summed E-state index contributed by atoms with van der Waals surface area (Å²) in [4.78, 5) is 0.353. The Labute approximate surface area is 120 Å². The van der Waals surface area contributed by atoms with E-state index in [9.17, 15) is 0 Å². The summed E-state index contributed by atoms with van der Waals surface area (Å²) in [5.74, 6) is 0.823. The third-order valence-corrected chi connectivity index (χ3v) is 4.03. The summed E-state index contributed by atoms with van der Waals surface area (Å²) in [5, 5.41) is 0.710. The zero-order valence-electron chi connectivity index (χ0n) is 10.1. The Morgan fingerprint density at radius 1 is 1.28 bits per heavy atom. The molecule has 5 heteroatoms. The van der Waals surface area contributed by atoms with E-state index in [0.717, 1.165) is 12.2 Å². The average Bonchev–Trinajstić information content (AvgIpc) is 2.36. The normalized spacial score (nSPS) is 26.7. The van der Waals surface area contributed by atoms with Crippen LogP contribution in [0.3, 0.4) is 0 Å². The molecule has 18 heavy (non-hydrogen) atoms. The van der Waals surface area contributed by atoms with Crippen LogP contribution in [0.4, 0.5) is 0 Å². The number of ether oxygens (including phenoxy) is 3. The van der Waals surface area contributed by atoms with Crippen LogP contribution in [0.15, 0.2) is 24.3 Å². The average molecular weight is 336 g/mol. The fourth-order valence-corrected chi connectivity index (χ4v) is 2.80. The summed E-state index contributed by atoms with van der Waals surface area (Å²) >= 11 is 9.41. The SMILES string of the molecule is COCCOC1C(Br)CC1Oc1ccc(Cl)cc1. The van der Waals surface area contributed by atoms with E-state index >= 15 is 0 Å². The highest BCUT2D eigenvalue weighted by atomic mass is 79.9. The fourth-order valence-electron chi connectivity index (χ4n) is 1.81. The minimum absolute atomic E-state index is 0.0795. The van der Waals surface area contributed by atoms with Crippen molar-refractivity contribution >= 4 is 27.5 Å². The summed E-state index contributed by atoms with van der Waals surface area (Å²) in [7, 11) is 1.66. The minimum Gasteiger partial charge on any atom is -0.488 e. The van der Waals surface area contributed by atoms with Gasteiger partial charge in [-0.1, -0.05) is 27.5 Å². The van der Waals surface area contributed by atoms with Crippen LogP contribution in [0, 0.1) is 0 Å². The smallest absolute Gasteiger partial charge is 0.127 e. The Kier molecular flexibility index (Phi) is 5.30. The molecule has 2 rings (SSSR count). The van der Waals surface area contributed by atoms with Crippen LogP contribution in [-0.4, -0.2) is 37.4 Å². The van der Waals surface area contributed by atoms with Crippen LogP contribution in [0.2, 0.25) is 5.02 Å². The first-order valence-electron chi connectivity index (χ1n) is 5.87. The van der Waals surface area contributed by atoms with Crippen molar-refractivity contribution in [2.75, 3.05) is 20.3 Å². The van der Waals surface area contributed by atoms with Crippen molar-refractivity contribution in [3.05, 3.63) is 29.3 Å². The number of benzene rings is 1. The summed E-state index contributed by atoms with van der Waals surface area (Å²) in [6.07, 6.45) is 1.11. The maximum Gasteiger partial charge on any atom is 0.127 e. The lowest BCUT2D eigenvalue weighted by molar-refractivity contribution is -0.0865. The molecular formula is C13H16BrClO3. The van der Waals surface area contributed by atoms with E-state index in [4.69, 9.17) is 25.8 Å². The minimum atomic E-state index is 0.0795. The van der Waals surface area contributed by atoms with Crippen molar-refractivity contribution in [3.63, 3.8) is 0 Å². The highest BCUT2D eigenvalue weighted by Crippen LogP contribution is 2.34. The van der Waals surface area contributed by atoms with Gasteiger partial charge in [-0.2, -0.15) is 0 Å². The molecule has 1 aromatic rings. The predicted molar refractivity (Wildman–Crippen MR) is 74.8 cm³/mol. The van der Waals surface area contributed by atoms with Crippen LogP contribution in [0.5, 0.6) is 5.75 Å². The lowest BCUT2D eigenvalue weighted by atomic mass is 9.91. The van der Waals surface area contributed by atoms with Gasteiger partial charge in [0.25, 0.3) is 0 Å². The van der Waals surface area contributed by atoms with E-state index in [1.54, 1.807) is 7.11 Å². The second kappa shape index (κ2) is 6.75. The summed E-state index contributed by atoms with van der Waals surface area (Å²) < 4.78 is 16.5. The number of alkyl halides is 1. The maximum absolute atomic E-state index is 5.86.